The van der Waals surface area contributed by atoms with E-state index >= 15 is 0 Å². The van der Waals surface area contributed by atoms with Crippen LogP contribution >= 0.6 is 0 Å². The predicted molar refractivity (Wildman–Crippen MR) is 58.9 cm³/mol. The zero-order valence-electron chi connectivity index (χ0n) is 8.89. The molecule has 84 valence electrons. The Bertz CT molecular complexity index is 547. The maximum atomic E-state index is 10.6. The summed E-state index contributed by atoms with van der Waals surface area (Å²) in [5.41, 5.74) is 1.03. The van der Waals surface area contributed by atoms with E-state index in [1.54, 1.807) is 23.9 Å². The van der Waals surface area contributed by atoms with Gasteiger partial charge in [0.25, 0.3) is 0 Å². The van der Waals surface area contributed by atoms with Gasteiger partial charge >= 0.3 is 6.09 Å². The van der Waals surface area contributed by atoms with E-state index in [4.69, 9.17) is 9.84 Å². The van der Waals surface area contributed by atoms with Gasteiger partial charge in [0.15, 0.2) is 5.75 Å². The van der Waals surface area contributed by atoms with E-state index < -0.39 is 6.09 Å². The molecule has 0 unspecified atom stereocenters. The number of aromatic nitrogens is 2. The van der Waals surface area contributed by atoms with Crippen LogP contribution in [0.2, 0.25) is 0 Å². The number of methoxy groups -OCH3 is 1. The Morgan fingerprint density at radius 3 is 2.94 bits per heavy atom. The van der Waals surface area contributed by atoms with Gasteiger partial charge in [0.05, 0.1) is 12.8 Å². The number of fused-ring (bicyclic) bond motifs is 1. The van der Waals surface area contributed by atoms with E-state index in [0.29, 0.717) is 17.0 Å². The van der Waals surface area contributed by atoms with Crippen molar-refractivity contribution in [3.8, 4) is 5.75 Å². The Kier molecular flexibility index (Phi) is 2.40. The molecule has 2 aromatic rings. The molecule has 0 fully saturated rings. The highest BCUT2D eigenvalue weighted by molar-refractivity contribution is 5.95. The van der Waals surface area contributed by atoms with Gasteiger partial charge in [0.1, 0.15) is 5.52 Å². The van der Waals surface area contributed by atoms with Crippen molar-refractivity contribution in [2.24, 2.45) is 7.05 Å². The van der Waals surface area contributed by atoms with Crippen LogP contribution < -0.4 is 10.1 Å². The molecule has 0 saturated carbocycles. The average Bonchev–Trinajstić information content (AvgIpc) is 2.57. The van der Waals surface area contributed by atoms with Crippen LogP contribution in [0.1, 0.15) is 0 Å². The summed E-state index contributed by atoms with van der Waals surface area (Å²) in [7, 11) is 3.28. The molecule has 0 bridgehead atoms. The van der Waals surface area contributed by atoms with Crippen LogP contribution in [0.15, 0.2) is 18.3 Å². The average molecular weight is 221 g/mol. The second kappa shape index (κ2) is 3.73. The van der Waals surface area contributed by atoms with Gasteiger partial charge in [-0.05, 0) is 12.1 Å². The van der Waals surface area contributed by atoms with Crippen LogP contribution in [0.25, 0.3) is 10.9 Å². The number of amides is 1. The van der Waals surface area contributed by atoms with E-state index in [-0.39, 0.29) is 0 Å². The van der Waals surface area contributed by atoms with Crippen molar-refractivity contribution >= 4 is 22.7 Å². The Balaban J connectivity index is 2.62. The van der Waals surface area contributed by atoms with Crippen LogP contribution in [-0.4, -0.2) is 28.1 Å². The van der Waals surface area contributed by atoms with E-state index in [1.807, 2.05) is 6.20 Å². The molecule has 2 N–H and O–H groups in total. The molecule has 6 nitrogen and oxygen atoms in total. The summed E-state index contributed by atoms with van der Waals surface area (Å²) >= 11 is 0. The van der Waals surface area contributed by atoms with Crippen molar-refractivity contribution in [1.82, 2.24) is 9.78 Å². The molecule has 1 aromatic carbocycles. The van der Waals surface area contributed by atoms with Crippen LogP contribution in [-0.2, 0) is 7.05 Å². The number of carbonyl (C=O) groups is 1. The van der Waals surface area contributed by atoms with Crippen molar-refractivity contribution in [1.29, 1.82) is 0 Å². The summed E-state index contributed by atoms with van der Waals surface area (Å²) in [6, 6.07) is 3.44. The zero-order chi connectivity index (χ0) is 11.7. The zero-order valence-corrected chi connectivity index (χ0v) is 8.89. The van der Waals surface area contributed by atoms with E-state index in [1.165, 1.54) is 7.11 Å². The largest absolute Gasteiger partial charge is 0.492 e. The Labute approximate surface area is 91.4 Å². The molecule has 0 atom stereocenters. The van der Waals surface area contributed by atoms with E-state index in [0.717, 1.165) is 5.39 Å². The highest BCUT2D eigenvalue weighted by Gasteiger charge is 2.12. The maximum Gasteiger partial charge on any atom is 0.409 e. The van der Waals surface area contributed by atoms with Gasteiger partial charge < -0.3 is 9.84 Å². The molecule has 1 amide bonds. The monoisotopic (exact) mass is 221 g/mol. The number of carboxylic acid groups (broad SMARTS) is 1. The van der Waals surface area contributed by atoms with Crippen LogP contribution in [0.5, 0.6) is 5.75 Å². The number of hydrogen-bond donors (Lipinski definition) is 2. The fraction of sp³-hybridized carbons (Fsp3) is 0.200. The third kappa shape index (κ3) is 1.65. The Hall–Kier alpha value is -2.24. The van der Waals surface area contributed by atoms with Crippen molar-refractivity contribution in [3.05, 3.63) is 18.3 Å². The first-order chi connectivity index (χ1) is 7.61. The molecule has 0 spiro atoms. The lowest BCUT2D eigenvalue weighted by molar-refractivity contribution is 0.209. The van der Waals surface area contributed by atoms with Gasteiger partial charge in [-0.15, -0.1) is 0 Å². The van der Waals surface area contributed by atoms with Gasteiger partial charge in [0, 0.05) is 18.6 Å². The second-order valence-corrected chi connectivity index (χ2v) is 3.32. The van der Waals surface area contributed by atoms with Gasteiger partial charge in [-0.2, -0.15) is 5.10 Å². The van der Waals surface area contributed by atoms with Crippen molar-refractivity contribution in [3.63, 3.8) is 0 Å². The fourth-order valence-electron chi connectivity index (χ4n) is 1.60. The lowest BCUT2D eigenvalue weighted by Crippen LogP contribution is -2.08. The number of rotatable bonds is 2. The summed E-state index contributed by atoms with van der Waals surface area (Å²) in [6.45, 7) is 0. The topological polar surface area (TPSA) is 76.4 Å². The van der Waals surface area contributed by atoms with Crippen molar-refractivity contribution in [2.45, 2.75) is 0 Å². The third-order valence-electron chi connectivity index (χ3n) is 2.19. The van der Waals surface area contributed by atoms with Gasteiger partial charge in [-0.25, -0.2) is 4.79 Å². The minimum atomic E-state index is -1.13. The van der Waals surface area contributed by atoms with Crippen LogP contribution in [0.3, 0.4) is 0 Å². The molecule has 2 rings (SSSR count). The van der Waals surface area contributed by atoms with Gasteiger partial charge in [-0.1, -0.05) is 0 Å². The maximum absolute atomic E-state index is 10.6. The van der Waals surface area contributed by atoms with Crippen molar-refractivity contribution < 1.29 is 14.6 Å². The first kappa shape index (κ1) is 10.3. The van der Waals surface area contributed by atoms with E-state index in [2.05, 4.69) is 10.4 Å². The smallest absolute Gasteiger partial charge is 0.409 e. The normalized spacial score (nSPS) is 10.4. The number of nitrogens with zero attached hydrogens (tertiary/aromatic N) is 2. The molecule has 0 aliphatic carbocycles. The lowest BCUT2D eigenvalue weighted by Gasteiger charge is -2.07. The second-order valence-electron chi connectivity index (χ2n) is 3.32. The quantitative estimate of drug-likeness (QED) is 0.808. The van der Waals surface area contributed by atoms with Crippen LogP contribution in [0, 0.1) is 0 Å². The Morgan fingerprint density at radius 2 is 2.31 bits per heavy atom. The highest BCUT2D eigenvalue weighted by Crippen LogP contribution is 2.32. The summed E-state index contributed by atoms with van der Waals surface area (Å²) in [5.74, 6) is 0.431. The lowest BCUT2D eigenvalue weighted by atomic mass is 10.2. The highest BCUT2D eigenvalue weighted by atomic mass is 16.5. The fourth-order valence-corrected chi connectivity index (χ4v) is 1.60. The Morgan fingerprint density at radius 1 is 1.56 bits per heavy atom. The third-order valence-corrected chi connectivity index (χ3v) is 2.19. The molecule has 0 radical (unpaired) electrons. The molecular formula is C10H11N3O3. The predicted octanol–water partition coefficient (Wildman–Crippen LogP) is 1.67. The molecule has 0 aliphatic rings. The number of hydrogen-bond acceptors (Lipinski definition) is 3. The minimum Gasteiger partial charge on any atom is -0.492 e. The summed E-state index contributed by atoms with van der Waals surface area (Å²) in [5, 5.41) is 16.0. The first-order valence-electron chi connectivity index (χ1n) is 4.62. The molecule has 0 saturated heterocycles. The molecular weight excluding hydrogens is 210 g/mol. The van der Waals surface area contributed by atoms with Crippen LogP contribution in [0.4, 0.5) is 10.5 Å². The molecule has 1 heterocycles. The number of ether oxygens (including phenoxy) is 1. The standard InChI is InChI=1S/C10H11N3O3/c1-13-5-6-3-4-7(11-10(14)15)9(16-2)8(6)12-13/h3-5,11H,1-2H3,(H,14,15). The summed E-state index contributed by atoms with van der Waals surface area (Å²) in [4.78, 5) is 10.6. The molecule has 6 heteroatoms. The van der Waals surface area contributed by atoms with E-state index in [9.17, 15) is 4.79 Å². The van der Waals surface area contributed by atoms with Crippen molar-refractivity contribution in [2.75, 3.05) is 12.4 Å². The van der Waals surface area contributed by atoms with Gasteiger partial charge in [0.2, 0.25) is 0 Å². The number of benzene rings is 1. The minimum absolute atomic E-state index is 0.390. The molecule has 0 aliphatic heterocycles. The molecule has 1 aromatic heterocycles. The summed E-state index contributed by atoms with van der Waals surface area (Å²) in [6.07, 6.45) is 0.705. The number of anilines is 1. The SMILES string of the molecule is COc1c(NC(=O)O)ccc2cn(C)nc12. The molecule has 16 heavy (non-hydrogen) atoms. The van der Waals surface area contributed by atoms with Gasteiger partial charge in [-0.3, -0.25) is 10.00 Å². The first-order valence-corrected chi connectivity index (χ1v) is 4.62. The summed E-state index contributed by atoms with van der Waals surface area (Å²) < 4.78 is 6.82. The number of aryl methyl sites for hydroxylation is 1. The number of nitrogens with one attached hydrogen (secondary N) is 1.